The quantitative estimate of drug-likeness (QED) is 0.899. The molecule has 0 fully saturated rings. The number of anilines is 1. The predicted octanol–water partition coefficient (Wildman–Crippen LogP) is 2.36. The van der Waals surface area contributed by atoms with Gasteiger partial charge in [-0.25, -0.2) is 0 Å². The number of nitrogens with zero attached hydrogens (tertiary/aromatic N) is 2. The van der Waals surface area contributed by atoms with E-state index < -0.39 is 0 Å². The molecule has 0 bridgehead atoms. The Hall–Kier alpha value is -1.97. The van der Waals surface area contributed by atoms with Gasteiger partial charge in [-0.2, -0.15) is 5.10 Å². The number of hydrogen-bond donors (Lipinski definition) is 1. The first-order valence-corrected chi connectivity index (χ1v) is 6.29. The van der Waals surface area contributed by atoms with Crippen LogP contribution in [-0.2, 0) is 20.1 Å². The summed E-state index contributed by atoms with van der Waals surface area (Å²) < 4.78 is 7.68. The number of fused-ring (bicyclic) bond motifs is 1. The SMILES string of the molecule is Cn1cc(COc2cccc3c2NCCC3)cn1. The Morgan fingerprint density at radius 2 is 2.39 bits per heavy atom. The molecule has 4 heteroatoms. The summed E-state index contributed by atoms with van der Waals surface area (Å²) >= 11 is 0. The molecule has 1 aromatic heterocycles. The molecule has 1 aromatic carbocycles. The lowest BCUT2D eigenvalue weighted by Crippen LogP contribution is -2.13. The molecule has 0 amide bonds. The van der Waals surface area contributed by atoms with E-state index in [9.17, 15) is 0 Å². The third-order valence-corrected chi connectivity index (χ3v) is 3.19. The molecular formula is C14H17N3O. The minimum Gasteiger partial charge on any atom is -0.487 e. The summed E-state index contributed by atoms with van der Waals surface area (Å²) in [7, 11) is 1.91. The highest BCUT2D eigenvalue weighted by Gasteiger charge is 2.13. The van der Waals surface area contributed by atoms with Crippen molar-refractivity contribution in [3.63, 3.8) is 0 Å². The zero-order chi connectivity index (χ0) is 12.4. The lowest BCUT2D eigenvalue weighted by molar-refractivity contribution is 0.307. The average molecular weight is 243 g/mol. The molecule has 0 unspecified atom stereocenters. The first-order valence-electron chi connectivity index (χ1n) is 6.29. The second-order valence-corrected chi connectivity index (χ2v) is 4.63. The van der Waals surface area contributed by atoms with E-state index in [2.05, 4.69) is 22.5 Å². The lowest BCUT2D eigenvalue weighted by atomic mass is 10.0. The molecule has 1 aliphatic rings. The van der Waals surface area contributed by atoms with Crippen LogP contribution in [0.4, 0.5) is 5.69 Å². The van der Waals surface area contributed by atoms with E-state index in [1.807, 2.05) is 25.5 Å². The van der Waals surface area contributed by atoms with Gasteiger partial charge in [0.25, 0.3) is 0 Å². The number of hydrogen-bond acceptors (Lipinski definition) is 3. The van der Waals surface area contributed by atoms with Crippen molar-refractivity contribution in [2.24, 2.45) is 7.05 Å². The van der Waals surface area contributed by atoms with Gasteiger partial charge in [-0.15, -0.1) is 0 Å². The fraction of sp³-hybridized carbons (Fsp3) is 0.357. The van der Waals surface area contributed by atoms with Crippen LogP contribution in [0.5, 0.6) is 5.75 Å². The van der Waals surface area contributed by atoms with E-state index in [0.717, 1.165) is 30.0 Å². The largest absolute Gasteiger partial charge is 0.487 e. The van der Waals surface area contributed by atoms with Crippen LogP contribution >= 0.6 is 0 Å². The molecule has 0 saturated carbocycles. The van der Waals surface area contributed by atoms with E-state index in [1.54, 1.807) is 4.68 Å². The summed E-state index contributed by atoms with van der Waals surface area (Å²) in [6.45, 7) is 1.59. The number of nitrogens with one attached hydrogen (secondary N) is 1. The van der Waals surface area contributed by atoms with Crippen LogP contribution in [0, 0.1) is 0 Å². The second-order valence-electron chi connectivity index (χ2n) is 4.63. The monoisotopic (exact) mass is 243 g/mol. The summed E-state index contributed by atoms with van der Waals surface area (Å²) in [4.78, 5) is 0. The van der Waals surface area contributed by atoms with E-state index in [4.69, 9.17) is 4.74 Å². The van der Waals surface area contributed by atoms with Gasteiger partial charge in [0.15, 0.2) is 0 Å². The molecular weight excluding hydrogens is 226 g/mol. The van der Waals surface area contributed by atoms with Crippen LogP contribution in [0.25, 0.3) is 0 Å². The maximum Gasteiger partial charge on any atom is 0.143 e. The Morgan fingerprint density at radius 1 is 1.44 bits per heavy atom. The maximum atomic E-state index is 5.89. The van der Waals surface area contributed by atoms with Gasteiger partial charge in [0.2, 0.25) is 0 Å². The minimum absolute atomic E-state index is 0.561. The van der Waals surface area contributed by atoms with Crippen molar-refractivity contribution in [2.75, 3.05) is 11.9 Å². The summed E-state index contributed by atoms with van der Waals surface area (Å²) in [5, 5.41) is 7.56. The van der Waals surface area contributed by atoms with E-state index in [0.29, 0.717) is 6.61 Å². The number of aromatic nitrogens is 2. The number of para-hydroxylation sites is 1. The van der Waals surface area contributed by atoms with E-state index >= 15 is 0 Å². The van der Waals surface area contributed by atoms with Gasteiger partial charge in [0.1, 0.15) is 12.4 Å². The smallest absolute Gasteiger partial charge is 0.143 e. The average Bonchev–Trinajstić information content (AvgIpc) is 2.82. The number of benzene rings is 1. The van der Waals surface area contributed by atoms with Crippen molar-refractivity contribution < 1.29 is 4.74 Å². The fourth-order valence-corrected chi connectivity index (χ4v) is 2.31. The summed E-state index contributed by atoms with van der Waals surface area (Å²) in [5.74, 6) is 0.941. The summed E-state index contributed by atoms with van der Waals surface area (Å²) in [5.41, 5.74) is 3.60. The van der Waals surface area contributed by atoms with Crippen LogP contribution in [0.2, 0.25) is 0 Å². The molecule has 1 aliphatic heterocycles. The Morgan fingerprint density at radius 3 is 3.22 bits per heavy atom. The molecule has 2 heterocycles. The zero-order valence-corrected chi connectivity index (χ0v) is 10.5. The normalized spacial score (nSPS) is 13.8. The summed E-state index contributed by atoms with van der Waals surface area (Å²) in [6, 6.07) is 6.25. The van der Waals surface area contributed by atoms with Crippen molar-refractivity contribution in [3.8, 4) is 5.75 Å². The Bertz CT molecular complexity index is 548. The van der Waals surface area contributed by atoms with Crippen LogP contribution in [-0.4, -0.2) is 16.3 Å². The topological polar surface area (TPSA) is 39.1 Å². The van der Waals surface area contributed by atoms with Gasteiger partial charge >= 0.3 is 0 Å². The standard InChI is InChI=1S/C14H17N3O/c1-17-9-11(8-16-17)10-18-13-6-2-4-12-5-3-7-15-14(12)13/h2,4,6,8-9,15H,3,5,7,10H2,1H3. The molecule has 1 N–H and O–H groups in total. The van der Waals surface area contributed by atoms with Gasteiger partial charge in [-0.05, 0) is 24.5 Å². The molecule has 4 nitrogen and oxygen atoms in total. The molecule has 18 heavy (non-hydrogen) atoms. The number of aryl methyl sites for hydroxylation is 2. The van der Waals surface area contributed by atoms with Crippen LogP contribution in [0.15, 0.2) is 30.6 Å². The number of ether oxygens (including phenoxy) is 1. The molecule has 94 valence electrons. The molecule has 3 rings (SSSR count). The van der Waals surface area contributed by atoms with Gasteiger partial charge in [0, 0.05) is 25.4 Å². The van der Waals surface area contributed by atoms with Crippen LogP contribution in [0.1, 0.15) is 17.5 Å². The first-order chi connectivity index (χ1) is 8.83. The van der Waals surface area contributed by atoms with Gasteiger partial charge in [-0.1, -0.05) is 12.1 Å². The first kappa shape index (κ1) is 11.1. The maximum absolute atomic E-state index is 5.89. The Labute approximate surface area is 107 Å². The van der Waals surface area contributed by atoms with Crippen LogP contribution < -0.4 is 10.1 Å². The van der Waals surface area contributed by atoms with Crippen molar-refractivity contribution in [3.05, 3.63) is 41.7 Å². The molecule has 0 radical (unpaired) electrons. The molecule has 0 aliphatic carbocycles. The van der Waals surface area contributed by atoms with Crippen molar-refractivity contribution in [1.82, 2.24) is 9.78 Å². The Balaban J connectivity index is 1.76. The third kappa shape index (κ3) is 2.18. The molecule has 0 saturated heterocycles. The number of rotatable bonds is 3. The van der Waals surface area contributed by atoms with Gasteiger partial charge in [-0.3, -0.25) is 4.68 Å². The van der Waals surface area contributed by atoms with E-state index in [-0.39, 0.29) is 0 Å². The van der Waals surface area contributed by atoms with Gasteiger partial charge < -0.3 is 10.1 Å². The minimum atomic E-state index is 0.561. The highest BCUT2D eigenvalue weighted by Crippen LogP contribution is 2.32. The highest BCUT2D eigenvalue weighted by atomic mass is 16.5. The lowest BCUT2D eigenvalue weighted by Gasteiger charge is -2.21. The van der Waals surface area contributed by atoms with E-state index in [1.165, 1.54) is 12.0 Å². The Kier molecular flexibility index (Phi) is 2.92. The molecule has 2 aromatic rings. The molecule has 0 atom stereocenters. The highest BCUT2D eigenvalue weighted by molar-refractivity contribution is 5.63. The third-order valence-electron chi connectivity index (χ3n) is 3.19. The zero-order valence-electron chi connectivity index (χ0n) is 10.5. The van der Waals surface area contributed by atoms with Crippen LogP contribution in [0.3, 0.4) is 0 Å². The second kappa shape index (κ2) is 4.72. The molecule has 0 spiro atoms. The summed E-state index contributed by atoms with van der Waals surface area (Å²) in [6.07, 6.45) is 6.14. The van der Waals surface area contributed by atoms with Gasteiger partial charge in [0.05, 0.1) is 11.9 Å². The van der Waals surface area contributed by atoms with Crippen molar-refractivity contribution >= 4 is 5.69 Å². The van der Waals surface area contributed by atoms with Crippen molar-refractivity contribution in [1.29, 1.82) is 0 Å². The fourth-order valence-electron chi connectivity index (χ4n) is 2.31. The predicted molar refractivity (Wildman–Crippen MR) is 70.8 cm³/mol. The van der Waals surface area contributed by atoms with Crippen molar-refractivity contribution in [2.45, 2.75) is 19.4 Å².